The lowest BCUT2D eigenvalue weighted by molar-refractivity contribution is 0.624. The van der Waals surface area contributed by atoms with Gasteiger partial charge in [-0.15, -0.1) is 0 Å². The van der Waals surface area contributed by atoms with E-state index in [1.165, 1.54) is 23.9 Å². The van der Waals surface area contributed by atoms with Crippen LogP contribution in [0.25, 0.3) is 10.9 Å². The first kappa shape index (κ1) is 14.0. The average Bonchev–Trinajstić information content (AvgIpc) is 2.48. The van der Waals surface area contributed by atoms with E-state index in [1.54, 1.807) is 6.07 Å². The standard InChI is InChI=1S/C17H15FN2S/c18-14-5-3-6-15(11-14)21-17-13(8-9-19)10-12-4-1-2-7-16(12)20-17/h1-7,10-11H,8-9,19H2. The Morgan fingerprint density at radius 3 is 2.71 bits per heavy atom. The molecular formula is C17H15FN2S. The minimum atomic E-state index is -0.235. The van der Waals surface area contributed by atoms with Crippen LogP contribution in [0.4, 0.5) is 4.39 Å². The van der Waals surface area contributed by atoms with Crippen molar-refractivity contribution in [2.45, 2.75) is 16.3 Å². The van der Waals surface area contributed by atoms with Gasteiger partial charge in [-0.3, -0.25) is 0 Å². The lowest BCUT2D eigenvalue weighted by Gasteiger charge is -2.09. The second-order valence-corrected chi connectivity index (χ2v) is 5.81. The van der Waals surface area contributed by atoms with Gasteiger partial charge in [-0.05, 0) is 48.9 Å². The quantitative estimate of drug-likeness (QED) is 0.790. The zero-order chi connectivity index (χ0) is 14.7. The molecule has 0 radical (unpaired) electrons. The minimum absolute atomic E-state index is 0.235. The molecule has 0 saturated heterocycles. The Labute approximate surface area is 127 Å². The predicted molar refractivity (Wildman–Crippen MR) is 85.0 cm³/mol. The molecule has 4 heteroatoms. The Bertz CT molecular complexity index is 774. The summed E-state index contributed by atoms with van der Waals surface area (Å²) >= 11 is 1.48. The molecule has 2 aromatic carbocycles. The Kier molecular flexibility index (Phi) is 4.18. The second-order valence-electron chi connectivity index (χ2n) is 4.74. The Morgan fingerprint density at radius 2 is 1.90 bits per heavy atom. The van der Waals surface area contributed by atoms with Gasteiger partial charge < -0.3 is 5.73 Å². The number of pyridine rings is 1. The van der Waals surface area contributed by atoms with Crippen molar-refractivity contribution in [2.24, 2.45) is 5.73 Å². The van der Waals surface area contributed by atoms with Crippen molar-refractivity contribution in [3.05, 3.63) is 66.0 Å². The number of nitrogens with two attached hydrogens (primary N) is 1. The second kappa shape index (κ2) is 6.24. The first-order valence-electron chi connectivity index (χ1n) is 6.78. The summed E-state index contributed by atoms with van der Waals surface area (Å²) in [6.45, 7) is 0.566. The molecular weight excluding hydrogens is 283 g/mol. The van der Waals surface area contributed by atoms with Gasteiger partial charge in [0.15, 0.2) is 0 Å². The van der Waals surface area contributed by atoms with Crippen LogP contribution in [0.3, 0.4) is 0 Å². The highest BCUT2D eigenvalue weighted by Crippen LogP contribution is 2.31. The fraction of sp³-hybridized carbons (Fsp3) is 0.118. The van der Waals surface area contributed by atoms with Gasteiger partial charge in [-0.25, -0.2) is 9.37 Å². The van der Waals surface area contributed by atoms with Crippen LogP contribution < -0.4 is 5.73 Å². The number of nitrogens with zero attached hydrogens (tertiary/aromatic N) is 1. The van der Waals surface area contributed by atoms with Crippen LogP contribution in [0.2, 0.25) is 0 Å². The molecule has 1 heterocycles. The third-order valence-electron chi connectivity index (χ3n) is 3.19. The molecule has 0 atom stereocenters. The maximum absolute atomic E-state index is 13.3. The van der Waals surface area contributed by atoms with Crippen LogP contribution in [0, 0.1) is 5.82 Å². The van der Waals surface area contributed by atoms with E-state index in [1.807, 2.05) is 30.3 Å². The molecule has 0 aliphatic rings. The molecule has 0 aliphatic carbocycles. The summed E-state index contributed by atoms with van der Waals surface area (Å²) in [4.78, 5) is 5.55. The van der Waals surface area contributed by atoms with Crippen molar-refractivity contribution in [1.82, 2.24) is 4.98 Å². The number of hydrogen-bond acceptors (Lipinski definition) is 3. The number of rotatable bonds is 4. The summed E-state index contributed by atoms with van der Waals surface area (Å²) in [5.41, 5.74) is 7.74. The normalized spacial score (nSPS) is 11.0. The van der Waals surface area contributed by atoms with Gasteiger partial charge in [0, 0.05) is 10.3 Å². The predicted octanol–water partition coefficient (Wildman–Crippen LogP) is 4.03. The van der Waals surface area contributed by atoms with Crippen molar-refractivity contribution in [1.29, 1.82) is 0 Å². The number of benzene rings is 2. The van der Waals surface area contributed by atoms with Gasteiger partial charge in [0.05, 0.1) is 5.52 Å². The molecule has 0 spiro atoms. The summed E-state index contributed by atoms with van der Waals surface area (Å²) in [6.07, 6.45) is 0.759. The molecule has 0 amide bonds. The highest BCUT2D eigenvalue weighted by molar-refractivity contribution is 7.99. The van der Waals surface area contributed by atoms with Crippen molar-refractivity contribution in [3.8, 4) is 0 Å². The first-order valence-corrected chi connectivity index (χ1v) is 7.60. The van der Waals surface area contributed by atoms with Crippen LogP contribution in [0.15, 0.2) is 64.5 Å². The molecule has 2 nitrogen and oxygen atoms in total. The lowest BCUT2D eigenvalue weighted by Crippen LogP contribution is -2.04. The van der Waals surface area contributed by atoms with Crippen LogP contribution >= 0.6 is 11.8 Å². The van der Waals surface area contributed by atoms with Crippen LogP contribution in [0.5, 0.6) is 0 Å². The van der Waals surface area contributed by atoms with E-state index in [9.17, 15) is 4.39 Å². The van der Waals surface area contributed by atoms with E-state index >= 15 is 0 Å². The highest BCUT2D eigenvalue weighted by Gasteiger charge is 2.09. The van der Waals surface area contributed by atoms with Crippen LogP contribution in [-0.4, -0.2) is 11.5 Å². The lowest BCUT2D eigenvalue weighted by atomic mass is 10.1. The number of hydrogen-bond donors (Lipinski definition) is 1. The van der Waals surface area contributed by atoms with Gasteiger partial charge in [0.2, 0.25) is 0 Å². The highest BCUT2D eigenvalue weighted by atomic mass is 32.2. The SMILES string of the molecule is NCCc1cc2ccccc2nc1Sc1cccc(F)c1. The van der Waals surface area contributed by atoms with Gasteiger partial charge in [-0.1, -0.05) is 36.0 Å². The maximum Gasteiger partial charge on any atom is 0.124 e. The van der Waals surface area contributed by atoms with Crippen LogP contribution in [-0.2, 0) is 6.42 Å². The van der Waals surface area contributed by atoms with Gasteiger partial charge >= 0.3 is 0 Å². The fourth-order valence-corrected chi connectivity index (χ4v) is 3.18. The Morgan fingerprint density at radius 1 is 1.05 bits per heavy atom. The van der Waals surface area contributed by atoms with Gasteiger partial charge in [-0.2, -0.15) is 0 Å². The smallest absolute Gasteiger partial charge is 0.124 e. The molecule has 3 aromatic rings. The molecule has 0 aliphatic heterocycles. The number of halogens is 1. The summed E-state index contributed by atoms with van der Waals surface area (Å²) in [5, 5.41) is 1.99. The van der Waals surface area contributed by atoms with Gasteiger partial charge in [0.1, 0.15) is 10.8 Å². The van der Waals surface area contributed by atoms with E-state index < -0.39 is 0 Å². The molecule has 0 unspecified atom stereocenters. The molecule has 2 N–H and O–H groups in total. The van der Waals surface area contributed by atoms with Crippen molar-refractivity contribution in [3.63, 3.8) is 0 Å². The third kappa shape index (κ3) is 3.23. The summed E-state index contributed by atoms with van der Waals surface area (Å²) in [7, 11) is 0. The van der Waals surface area contributed by atoms with E-state index in [0.717, 1.165) is 32.8 Å². The number of para-hydroxylation sites is 1. The molecule has 0 fully saturated rings. The Hall–Kier alpha value is -1.91. The zero-order valence-electron chi connectivity index (χ0n) is 11.4. The molecule has 3 rings (SSSR count). The van der Waals surface area contributed by atoms with Crippen molar-refractivity contribution < 1.29 is 4.39 Å². The maximum atomic E-state index is 13.3. The topological polar surface area (TPSA) is 38.9 Å². The van der Waals surface area contributed by atoms with Gasteiger partial charge in [0.25, 0.3) is 0 Å². The first-order chi connectivity index (χ1) is 10.3. The Balaban J connectivity index is 2.04. The summed E-state index contributed by atoms with van der Waals surface area (Å²) in [6, 6.07) is 16.7. The van der Waals surface area contributed by atoms with Crippen molar-refractivity contribution >= 4 is 22.7 Å². The third-order valence-corrected chi connectivity index (χ3v) is 4.22. The summed E-state index contributed by atoms with van der Waals surface area (Å²) in [5.74, 6) is -0.235. The van der Waals surface area contributed by atoms with Crippen molar-refractivity contribution in [2.75, 3.05) is 6.54 Å². The number of fused-ring (bicyclic) bond motifs is 1. The minimum Gasteiger partial charge on any atom is -0.330 e. The molecule has 106 valence electrons. The molecule has 1 aromatic heterocycles. The summed E-state index contributed by atoms with van der Waals surface area (Å²) < 4.78 is 13.3. The molecule has 0 saturated carbocycles. The van der Waals surface area contributed by atoms with E-state index in [0.29, 0.717) is 6.54 Å². The number of aromatic nitrogens is 1. The van der Waals surface area contributed by atoms with E-state index in [4.69, 9.17) is 10.7 Å². The van der Waals surface area contributed by atoms with E-state index in [-0.39, 0.29) is 5.82 Å². The average molecular weight is 298 g/mol. The molecule has 21 heavy (non-hydrogen) atoms. The monoisotopic (exact) mass is 298 g/mol. The van der Waals surface area contributed by atoms with E-state index in [2.05, 4.69) is 6.07 Å². The fourth-order valence-electron chi connectivity index (χ4n) is 2.21. The zero-order valence-corrected chi connectivity index (χ0v) is 12.2. The largest absolute Gasteiger partial charge is 0.330 e. The van der Waals surface area contributed by atoms with Crippen LogP contribution in [0.1, 0.15) is 5.56 Å². The molecule has 0 bridgehead atoms.